The van der Waals surface area contributed by atoms with Crippen LogP contribution in [0.1, 0.15) is 37.4 Å². The molecule has 33 heavy (non-hydrogen) atoms. The minimum absolute atomic E-state index is 0.0811. The lowest BCUT2D eigenvalue weighted by Gasteiger charge is -2.31. The van der Waals surface area contributed by atoms with Gasteiger partial charge in [-0.3, -0.25) is 4.79 Å². The van der Waals surface area contributed by atoms with E-state index in [1.54, 1.807) is 23.9 Å². The van der Waals surface area contributed by atoms with Crippen LogP contribution in [-0.4, -0.2) is 40.8 Å². The second-order valence-corrected chi connectivity index (χ2v) is 8.27. The number of aryl methyl sites for hydroxylation is 1. The predicted octanol–water partition coefficient (Wildman–Crippen LogP) is 5.14. The average Bonchev–Trinajstić information content (AvgIpc) is 3.13. The van der Waals surface area contributed by atoms with E-state index in [1.807, 2.05) is 42.2 Å². The van der Waals surface area contributed by atoms with Gasteiger partial charge in [0.25, 0.3) is 0 Å². The van der Waals surface area contributed by atoms with E-state index in [9.17, 15) is 9.18 Å². The Labute approximate surface area is 193 Å². The van der Waals surface area contributed by atoms with Crippen LogP contribution in [0.2, 0.25) is 0 Å². The lowest BCUT2D eigenvalue weighted by Crippen LogP contribution is -2.40. The number of hydrogen-bond donors (Lipinski definition) is 0. The van der Waals surface area contributed by atoms with Crippen molar-refractivity contribution >= 4 is 5.91 Å². The maximum atomic E-state index is 13.6. The highest BCUT2D eigenvalue weighted by atomic mass is 19.1. The Bertz CT molecular complexity index is 1060. The molecule has 0 bridgehead atoms. The van der Waals surface area contributed by atoms with E-state index in [4.69, 9.17) is 14.6 Å². The molecule has 0 atom stereocenters. The van der Waals surface area contributed by atoms with Crippen molar-refractivity contribution in [3.05, 3.63) is 71.7 Å². The van der Waals surface area contributed by atoms with E-state index in [-0.39, 0.29) is 17.6 Å². The maximum Gasteiger partial charge on any atom is 0.227 e. The van der Waals surface area contributed by atoms with Crippen molar-refractivity contribution in [2.24, 2.45) is 5.92 Å². The summed E-state index contributed by atoms with van der Waals surface area (Å²) < 4.78 is 26.9. The predicted molar refractivity (Wildman–Crippen MR) is 124 cm³/mol. The van der Waals surface area contributed by atoms with Crippen LogP contribution < -0.4 is 4.74 Å². The van der Waals surface area contributed by atoms with E-state index in [0.29, 0.717) is 43.4 Å². The van der Waals surface area contributed by atoms with Crippen molar-refractivity contribution < 1.29 is 18.7 Å². The topological polar surface area (TPSA) is 56.6 Å². The molecule has 0 radical (unpaired) electrons. The smallest absolute Gasteiger partial charge is 0.227 e. The van der Waals surface area contributed by atoms with Gasteiger partial charge in [-0.1, -0.05) is 31.5 Å². The van der Waals surface area contributed by atoms with Gasteiger partial charge >= 0.3 is 0 Å². The lowest BCUT2D eigenvalue weighted by atomic mass is 9.84. The standard InChI is InChI=1S/C26H30FN3O3/c1-3-24-23(18-29(16-17-32-2)25(31)19-8-7-9-19)26(33-22-10-5-4-6-11-22)30(28-24)21-14-12-20(27)13-15-21/h4-6,10-15,19H,3,7-9,16-18H2,1-2H3. The minimum Gasteiger partial charge on any atom is -0.439 e. The number of carbonyl (C=O) groups is 1. The number of para-hydroxylation sites is 1. The molecule has 0 aliphatic heterocycles. The van der Waals surface area contributed by atoms with Gasteiger partial charge in [-0.25, -0.2) is 9.07 Å². The molecule has 1 heterocycles. The molecule has 7 heteroatoms. The van der Waals surface area contributed by atoms with Gasteiger partial charge in [-0.2, -0.15) is 5.10 Å². The molecule has 1 aromatic heterocycles. The van der Waals surface area contributed by atoms with Crippen LogP contribution >= 0.6 is 0 Å². The number of halogens is 1. The summed E-state index contributed by atoms with van der Waals surface area (Å²) in [7, 11) is 1.64. The average molecular weight is 452 g/mol. The van der Waals surface area contributed by atoms with Crippen LogP contribution in [0.4, 0.5) is 4.39 Å². The molecule has 3 aromatic rings. The first kappa shape index (κ1) is 23.0. The number of aromatic nitrogens is 2. The summed E-state index contributed by atoms with van der Waals surface area (Å²) in [6.45, 7) is 3.37. The van der Waals surface area contributed by atoms with Crippen LogP contribution in [-0.2, 0) is 22.5 Å². The Kier molecular flexibility index (Phi) is 7.40. The third-order valence-corrected chi connectivity index (χ3v) is 6.06. The molecule has 1 aliphatic carbocycles. The normalized spacial score (nSPS) is 13.5. The third kappa shape index (κ3) is 5.25. The first-order valence-corrected chi connectivity index (χ1v) is 11.5. The second-order valence-electron chi connectivity index (χ2n) is 8.27. The molecule has 6 nitrogen and oxygen atoms in total. The van der Waals surface area contributed by atoms with Crippen LogP contribution in [0.15, 0.2) is 54.6 Å². The van der Waals surface area contributed by atoms with Gasteiger partial charge < -0.3 is 14.4 Å². The van der Waals surface area contributed by atoms with Crippen LogP contribution in [0.25, 0.3) is 5.69 Å². The fourth-order valence-electron chi connectivity index (χ4n) is 3.96. The van der Waals surface area contributed by atoms with Gasteiger partial charge in [-0.15, -0.1) is 0 Å². The fourth-order valence-corrected chi connectivity index (χ4v) is 3.96. The van der Waals surface area contributed by atoms with Gasteiger partial charge in [0.1, 0.15) is 11.6 Å². The number of amides is 1. The Morgan fingerprint density at radius 2 is 1.88 bits per heavy atom. The Morgan fingerprint density at radius 1 is 1.15 bits per heavy atom. The van der Waals surface area contributed by atoms with Gasteiger partial charge in [0.2, 0.25) is 11.8 Å². The second kappa shape index (κ2) is 10.6. The van der Waals surface area contributed by atoms with Gasteiger partial charge in [0.05, 0.1) is 30.1 Å². The van der Waals surface area contributed by atoms with Crippen molar-refractivity contribution in [1.82, 2.24) is 14.7 Å². The van der Waals surface area contributed by atoms with Crippen molar-refractivity contribution in [1.29, 1.82) is 0 Å². The van der Waals surface area contributed by atoms with E-state index in [1.165, 1.54) is 12.1 Å². The van der Waals surface area contributed by atoms with E-state index in [2.05, 4.69) is 0 Å². The molecule has 174 valence electrons. The molecule has 2 aromatic carbocycles. The minimum atomic E-state index is -0.316. The monoisotopic (exact) mass is 451 g/mol. The summed E-state index contributed by atoms with van der Waals surface area (Å²) in [6, 6.07) is 15.6. The number of rotatable bonds is 10. The Balaban J connectivity index is 1.75. The van der Waals surface area contributed by atoms with Crippen molar-refractivity contribution in [2.45, 2.75) is 39.2 Å². The SMILES string of the molecule is CCc1nn(-c2ccc(F)cc2)c(Oc2ccccc2)c1CN(CCOC)C(=O)C1CCC1. The Morgan fingerprint density at radius 3 is 2.48 bits per heavy atom. The summed E-state index contributed by atoms with van der Waals surface area (Å²) in [4.78, 5) is 15.0. The van der Waals surface area contributed by atoms with E-state index < -0.39 is 0 Å². The molecule has 0 spiro atoms. The first-order chi connectivity index (χ1) is 16.1. The number of hydrogen-bond acceptors (Lipinski definition) is 4. The first-order valence-electron chi connectivity index (χ1n) is 11.5. The van der Waals surface area contributed by atoms with Crippen molar-refractivity contribution in [3.8, 4) is 17.3 Å². The van der Waals surface area contributed by atoms with E-state index >= 15 is 0 Å². The molecular weight excluding hydrogens is 421 g/mol. The molecule has 4 rings (SSSR count). The van der Waals surface area contributed by atoms with Crippen molar-refractivity contribution in [3.63, 3.8) is 0 Å². The fraction of sp³-hybridized carbons (Fsp3) is 0.385. The molecule has 0 N–H and O–H groups in total. The molecule has 1 amide bonds. The van der Waals surface area contributed by atoms with Gasteiger partial charge in [0, 0.05) is 19.6 Å². The summed E-state index contributed by atoms with van der Waals surface area (Å²) >= 11 is 0. The van der Waals surface area contributed by atoms with Crippen LogP contribution in [0.5, 0.6) is 11.6 Å². The number of carbonyl (C=O) groups excluding carboxylic acids is 1. The van der Waals surface area contributed by atoms with Gasteiger partial charge in [-0.05, 0) is 55.7 Å². The molecule has 0 saturated heterocycles. The van der Waals surface area contributed by atoms with E-state index in [0.717, 1.165) is 30.5 Å². The molecular formula is C26H30FN3O3. The molecule has 0 unspecified atom stereocenters. The number of ether oxygens (including phenoxy) is 2. The largest absolute Gasteiger partial charge is 0.439 e. The third-order valence-electron chi connectivity index (χ3n) is 6.06. The highest BCUT2D eigenvalue weighted by Crippen LogP contribution is 2.34. The molecule has 1 aliphatic rings. The highest BCUT2D eigenvalue weighted by Gasteiger charge is 2.31. The zero-order chi connectivity index (χ0) is 23.2. The molecule has 1 fully saturated rings. The summed E-state index contributed by atoms with van der Waals surface area (Å²) in [5.41, 5.74) is 2.39. The summed E-state index contributed by atoms with van der Waals surface area (Å²) in [5.74, 6) is 1.12. The highest BCUT2D eigenvalue weighted by molar-refractivity contribution is 5.79. The zero-order valence-electron chi connectivity index (χ0n) is 19.2. The number of methoxy groups -OCH3 is 1. The van der Waals surface area contributed by atoms with Crippen LogP contribution in [0, 0.1) is 11.7 Å². The lowest BCUT2D eigenvalue weighted by molar-refractivity contribution is -0.139. The van der Waals surface area contributed by atoms with Crippen molar-refractivity contribution in [2.75, 3.05) is 20.3 Å². The summed E-state index contributed by atoms with van der Waals surface area (Å²) in [6.07, 6.45) is 3.64. The quantitative estimate of drug-likeness (QED) is 0.428. The maximum absolute atomic E-state index is 13.6. The van der Waals surface area contributed by atoms with Crippen LogP contribution in [0.3, 0.4) is 0 Å². The zero-order valence-corrected chi connectivity index (χ0v) is 19.2. The van der Waals surface area contributed by atoms with Gasteiger partial charge in [0.15, 0.2) is 0 Å². The summed E-state index contributed by atoms with van der Waals surface area (Å²) in [5, 5.41) is 4.80. The number of benzene rings is 2. The molecule has 1 saturated carbocycles. The number of nitrogens with zero attached hydrogens (tertiary/aromatic N) is 3. The Hall–Kier alpha value is -3.19.